The van der Waals surface area contributed by atoms with Crippen LogP contribution in [-0.2, 0) is 25.7 Å². The summed E-state index contributed by atoms with van der Waals surface area (Å²) in [4.78, 5) is 37.8. The summed E-state index contributed by atoms with van der Waals surface area (Å²) in [6.45, 7) is 2.40. The molecule has 2 amide bonds. The van der Waals surface area contributed by atoms with Gasteiger partial charge in [0, 0.05) is 18.4 Å². The number of nitrogens with one attached hydrogen (secondary N) is 2. The fraction of sp³-hybridized carbons (Fsp3) is 0.364. The number of carboxylic acids is 1. The number of hydrogen-bond donors (Lipinski definition) is 3. The van der Waals surface area contributed by atoms with E-state index in [0.29, 0.717) is 6.42 Å². The lowest BCUT2D eigenvalue weighted by atomic mass is 9.94. The Morgan fingerprint density at radius 2 is 1.54 bits per heavy atom. The van der Waals surface area contributed by atoms with Crippen LogP contribution in [0.2, 0.25) is 0 Å². The third-order valence-corrected chi connectivity index (χ3v) is 8.24. The Morgan fingerprint density at radius 3 is 2.20 bits per heavy atom. The smallest absolute Gasteiger partial charge is 0.407 e. The van der Waals surface area contributed by atoms with Gasteiger partial charge >= 0.3 is 12.1 Å². The minimum atomic E-state index is -1.18. The Balaban J connectivity index is 1.12. The van der Waals surface area contributed by atoms with E-state index in [9.17, 15) is 19.5 Å². The van der Waals surface area contributed by atoms with Crippen LogP contribution in [0, 0.1) is 11.8 Å². The third kappa shape index (κ3) is 6.60. The molecular formula is C33H36N2O6. The first-order chi connectivity index (χ1) is 19.9. The molecule has 0 aliphatic heterocycles. The maximum Gasteiger partial charge on any atom is 0.407 e. The van der Waals surface area contributed by atoms with E-state index in [1.807, 2.05) is 54.6 Å². The number of fused-ring (bicyclic) bond motifs is 3. The zero-order valence-electron chi connectivity index (χ0n) is 23.1. The number of alkyl carbamates (subject to hydrolysis) is 1. The largest absolute Gasteiger partial charge is 0.480 e. The van der Waals surface area contributed by atoms with Crippen LogP contribution in [0.5, 0.6) is 0 Å². The van der Waals surface area contributed by atoms with Gasteiger partial charge in [0.15, 0.2) is 6.04 Å². The predicted octanol–water partition coefficient (Wildman–Crippen LogP) is 5.12. The summed E-state index contributed by atoms with van der Waals surface area (Å²) in [5.74, 6) is -2.01. The number of aliphatic carboxylic acids is 1. The van der Waals surface area contributed by atoms with Gasteiger partial charge in [-0.05, 0) is 53.5 Å². The van der Waals surface area contributed by atoms with Gasteiger partial charge in [-0.25, -0.2) is 9.59 Å². The zero-order valence-corrected chi connectivity index (χ0v) is 23.1. The van der Waals surface area contributed by atoms with Crippen molar-refractivity contribution >= 4 is 18.0 Å². The maximum absolute atomic E-state index is 13.2. The van der Waals surface area contributed by atoms with Crippen LogP contribution in [0.1, 0.15) is 48.8 Å². The lowest BCUT2D eigenvalue weighted by Crippen LogP contribution is -2.51. The standard InChI is InChI=1S/C33H36N2O6/c1-21(40-19-22-10-3-2-4-11-22)30(32(37)38)35-31(36)24-17-9-12-23(24)18-34-33(39)41-20-29-27-15-7-5-13-25(27)26-14-6-8-16-28(26)29/h2-8,10-11,13-16,21,23-24,29-30H,9,12,17-20H2,1H3,(H,34,39)(H,35,36)(H,37,38)/t21-,23?,24?,30+/m0/s1. The SMILES string of the molecule is C[C@H](OCc1ccccc1)[C@@H](NC(=O)C1CCCC1CNC(=O)OCC1c2ccccc2-c2ccccc21)C(=O)O. The Morgan fingerprint density at radius 1 is 0.902 bits per heavy atom. The van der Waals surface area contributed by atoms with Crippen molar-refractivity contribution in [2.24, 2.45) is 11.8 Å². The molecule has 0 bridgehead atoms. The highest BCUT2D eigenvalue weighted by molar-refractivity contribution is 5.86. The second kappa shape index (κ2) is 13.0. The number of hydrogen-bond acceptors (Lipinski definition) is 5. The van der Waals surface area contributed by atoms with Gasteiger partial charge in [-0.3, -0.25) is 4.79 Å². The minimum absolute atomic E-state index is 0.0304. The van der Waals surface area contributed by atoms with Crippen molar-refractivity contribution in [3.05, 3.63) is 95.6 Å². The van der Waals surface area contributed by atoms with E-state index in [0.717, 1.165) is 40.7 Å². The monoisotopic (exact) mass is 556 g/mol. The van der Waals surface area contributed by atoms with Gasteiger partial charge in [-0.1, -0.05) is 85.3 Å². The summed E-state index contributed by atoms with van der Waals surface area (Å²) in [6.07, 6.45) is 0.973. The van der Waals surface area contributed by atoms with Crippen LogP contribution in [-0.4, -0.2) is 48.4 Å². The molecule has 3 aromatic rings. The summed E-state index contributed by atoms with van der Waals surface area (Å²) in [5, 5.41) is 15.3. The molecule has 2 aliphatic rings. The van der Waals surface area contributed by atoms with Crippen LogP contribution in [0.4, 0.5) is 4.79 Å². The van der Waals surface area contributed by atoms with Crippen molar-refractivity contribution in [1.82, 2.24) is 10.6 Å². The quantitative estimate of drug-likeness (QED) is 0.302. The van der Waals surface area contributed by atoms with Crippen LogP contribution >= 0.6 is 0 Å². The summed E-state index contributed by atoms with van der Waals surface area (Å²) in [6, 6.07) is 24.6. The molecule has 3 N–H and O–H groups in total. The first kappa shape index (κ1) is 28.4. The van der Waals surface area contributed by atoms with E-state index >= 15 is 0 Å². The van der Waals surface area contributed by atoms with Gasteiger partial charge < -0.3 is 25.2 Å². The minimum Gasteiger partial charge on any atom is -0.480 e. The highest BCUT2D eigenvalue weighted by Gasteiger charge is 2.37. The number of carboxylic acid groups (broad SMARTS) is 1. The molecule has 3 aromatic carbocycles. The summed E-state index contributed by atoms with van der Waals surface area (Å²) in [5.41, 5.74) is 5.53. The summed E-state index contributed by atoms with van der Waals surface area (Å²) < 4.78 is 11.4. The predicted molar refractivity (Wildman–Crippen MR) is 154 cm³/mol. The number of ether oxygens (including phenoxy) is 2. The van der Waals surface area contributed by atoms with Gasteiger partial charge in [0.05, 0.1) is 12.7 Å². The van der Waals surface area contributed by atoms with Crippen molar-refractivity contribution < 1.29 is 29.0 Å². The second-order valence-electron chi connectivity index (χ2n) is 10.8. The Hall–Kier alpha value is -4.17. The molecule has 5 rings (SSSR count). The molecular weight excluding hydrogens is 520 g/mol. The highest BCUT2D eigenvalue weighted by Crippen LogP contribution is 2.44. The van der Waals surface area contributed by atoms with Crippen LogP contribution < -0.4 is 10.6 Å². The molecule has 1 saturated carbocycles. The van der Waals surface area contributed by atoms with Crippen LogP contribution in [0.15, 0.2) is 78.9 Å². The van der Waals surface area contributed by atoms with E-state index in [1.165, 1.54) is 0 Å². The molecule has 41 heavy (non-hydrogen) atoms. The van der Waals surface area contributed by atoms with Crippen molar-refractivity contribution in [2.45, 2.75) is 50.9 Å². The second-order valence-corrected chi connectivity index (χ2v) is 10.8. The summed E-state index contributed by atoms with van der Waals surface area (Å²) in [7, 11) is 0. The molecule has 0 aromatic heterocycles. The van der Waals surface area contributed by atoms with Crippen molar-refractivity contribution in [1.29, 1.82) is 0 Å². The molecule has 214 valence electrons. The van der Waals surface area contributed by atoms with Gasteiger partial charge in [0.1, 0.15) is 6.61 Å². The lowest BCUT2D eigenvalue weighted by molar-refractivity contribution is -0.147. The fourth-order valence-electron chi connectivity index (χ4n) is 6.03. The van der Waals surface area contributed by atoms with E-state index < -0.39 is 30.1 Å². The molecule has 8 heteroatoms. The number of benzene rings is 3. The Bertz CT molecular complexity index is 1330. The van der Waals surface area contributed by atoms with Crippen molar-refractivity contribution in [2.75, 3.05) is 13.2 Å². The molecule has 1 fully saturated rings. The molecule has 0 saturated heterocycles. The Labute approximate surface area is 240 Å². The lowest BCUT2D eigenvalue weighted by Gasteiger charge is -2.25. The van der Waals surface area contributed by atoms with Crippen LogP contribution in [0.3, 0.4) is 0 Å². The van der Waals surface area contributed by atoms with Crippen molar-refractivity contribution in [3.63, 3.8) is 0 Å². The molecule has 2 aliphatic carbocycles. The van der Waals surface area contributed by atoms with Gasteiger partial charge in [-0.2, -0.15) is 0 Å². The first-order valence-corrected chi connectivity index (χ1v) is 14.2. The van der Waals surface area contributed by atoms with Gasteiger partial charge in [0.25, 0.3) is 0 Å². The normalized spacial score (nSPS) is 19.0. The van der Waals surface area contributed by atoms with Gasteiger partial charge in [-0.15, -0.1) is 0 Å². The van der Waals surface area contributed by atoms with E-state index in [2.05, 4.69) is 34.9 Å². The molecule has 0 heterocycles. The summed E-state index contributed by atoms with van der Waals surface area (Å²) >= 11 is 0. The number of rotatable bonds is 11. The molecule has 2 unspecified atom stereocenters. The van der Waals surface area contributed by atoms with E-state index in [1.54, 1.807) is 6.92 Å². The number of amides is 2. The van der Waals surface area contributed by atoms with Crippen molar-refractivity contribution in [3.8, 4) is 11.1 Å². The zero-order chi connectivity index (χ0) is 28.8. The first-order valence-electron chi connectivity index (χ1n) is 14.2. The van der Waals surface area contributed by atoms with E-state index in [-0.39, 0.29) is 37.5 Å². The van der Waals surface area contributed by atoms with E-state index in [4.69, 9.17) is 9.47 Å². The molecule has 8 nitrogen and oxygen atoms in total. The number of carbonyl (C=O) groups excluding carboxylic acids is 2. The maximum atomic E-state index is 13.2. The average molecular weight is 557 g/mol. The Kier molecular flexibility index (Phi) is 8.99. The van der Waals surface area contributed by atoms with Crippen LogP contribution in [0.25, 0.3) is 11.1 Å². The average Bonchev–Trinajstić information content (AvgIpc) is 3.59. The molecule has 0 radical (unpaired) electrons. The number of carbonyl (C=O) groups is 3. The topological polar surface area (TPSA) is 114 Å². The highest BCUT2D eigenvalue weighted by atomic mass is 16.5. The van der Waals surface area contributed by atoms with Gasteiger partial charge in [0.2, 0.25) is 5.91 Å². The molecule has 0 spiro atoms. The third-order valence-electron chi connectivity index (χ3n) is 8.24. The fourth-order valence-corrected chi connectivity index (χ4v) is 6.03. The molecule has 4 atom stereocenters.